The van der Waals surface area contributed by atoms with Crippen molar-refractivity contribution in [2.45, 2.75) is 63.6 Å². The second-order valence-electron chi connectivity index (χ2n) is 8.41. The van der Waals surface area contributed by atoms with Crippen LogP contribution in [-0.2, 0) is 0 Å². The zero-order valence-electron chi connectivity index (χ0n) is 16.9. The van der Waals surface area contributed by atoms with Crippen LogP contribution in [0.4, 0.5) is 17.6 Å². The van der Waals surface area contributed by atoms with Crippen molar-refractivity contribution in [2.75, 3.05) is 0 Å². The predicted molar refractivity (Wildman–Crippen MR) is 107 cm³/mol. The molecule has 0 amide bonds. The van der Waals surface area contributed by atoms with Crippen LogP contribution in [0.3, 0.4) is 0 Å². The molecule has 2 aliphatic carbocycles. The lowest BCUT2D eigenvalue weighted by atomic mass is 9.68. The van der Waals surface area contributed by atoms with Crippen LogP contribution in [0.15, 0.2) is 48.3 Å². The standard InChI is InChI=1S/C24H27F4NO/c25-22(16-29)3-1-2-17-4-6-18(7-5-17)19-8-10-20(11-9-19)21-12-14-23(15-13-21)30-24(26,27)28/h1-3,12-15,17-20H,4-11H2. The highest BCUT2D eigenvalue weighted by atomic mass is 19.4. The van der Waals surface area contributed by atoms with Crippen LogP contribution in [-0.4, -0.2) is 6.36 Å². The van der Waals surface area contributed by atoms with E-state index in [9.17, 15) is 17.6 Å². The first-order valence-electron chi connectivity index (χ1n) is 10.6. The van der Waals surface area contributed by atoms with E-state index >= 15 is 0 Å². The Morgan fingerprint density at radius 3 is 2.03 bits per heavy atom. The van der Waals surface area contributed by atoms with Gasteiger partial charge in [0, 0.05) is 0 Å². The molecule has 6 heteroatoms. The van der Waals surface area contributed by atoms with Crippen LogP contribution in [0.5, 0.6) is 5.75 Å². The number of alkyl halides is 3. The Bertz CT molecular complexity index is 775. The van der Waals surface area contributed by atoms with Gasteiger partial charge in [0.2, 0.25) is 0 Å². The third kappa shape index (κ3) is 6.62. The number of hydrogen-bond acceptors (Lipinski definition) is 2. The lowest BCUT2D eigenvalue weighted by Gasteiger charge is -2.37. The summed E-state index contributed by atoms with van der Waals surface area (Å²) in [4.78, 5) is 0. The molecule has 2 aliphatic rings. The molecule has 0 spiro atoms. The Labute approximate surface area is 175 Å². The average Bonchev–Trinajstić information content (AvgIpc) is 2.74. The maximum atomic E-state index is 12.8. The summed E-state index contributed by atoms with van der Waals surface area (Å²) < 4.78 is 53.7. The molecule has 0 bridgehead atoms. The van der Waals surface area contributed by atoms with Crippen LogP contribution >= 0.6 is 0 Å². The summed E-state index contributed by atoms with van der Waals surface area (Å²) in [5.41, 5.74) is 1.09. The molecule has 1 aromatic carbocycles. The number of benzene rings is 1. The Morgan fingerprint density at radius 1 is 0.933 bits per heavy atom. The van der Waals surface area contributed by atoms with Crippen molar-refractivity contribution in [2.24, 2.45) is 17.8 Å². The topological polar surface area (TPSA) is 33.0 Å². The van der Waals surface area contributed by atoms with E-state index in [4.69, 9.17) is 5.26 Å². The van der Waals surface area contributed by atoms with Gasteiger partial charge in [-0.25, -0.2) is 0 Å². The van der Waals surface area contributed by atoms with E-state index in [-0.39, 0.29) is 5.75 Å². The molecule has 0 heterocycles. The van der Waals surface area contributed by atoms with Crippen molar-refractivity contribution in [1.82, 2.24) is 0 Å². The Hall–Kier alpha value is -2.29. The molecule has 0 aromatic heterocycles. The van der Waals surface area contributed by atoms with Crippen molar-refractivity contribution < 1.29 is 22.3 Å². The number of allylic oxidation sites excluding steroid dienone is 4. The highest BCUT2D eigenvalue weighted by molar-refractivity contribution is 5.30. The fourth-order valence-corrected chi connectivity index (χ4v) is 5.01. The monoisotopic (exact) mass is 421 g/mol. The minimum atomic E-state index is -4.65. The summed E-state index contributed by atoms with van der Waals surface area (Å²) in [6.07, 6.45) is 9.25. The third-order valence-corrected chi connectivity index (χ3v) is 6.57. The van der Waals surface area contributed by atoms with Crippen molar-refractivity contribution in [3.8, 4) is 11.8 Å². The molecule has 2 nitrogen and oxygen atoms in total. The largest absolute Gasteiger partial charge is 0.573 e. The molecule has 3 rings (SSSR count). The highest BCUT2D eigenvalue weighted by Crippen LogP contribution is 2.44. The first kappa shape index (κ1) is 22.4. The number of hydrogen-bond donors (Lipinski definition) is 0. The van der Waals surface area contributed by atoms with E-state index < -0.39 is 12.2 Å². The van der Waals surface area contributed by atoms with Crippen molar-refractivity contribution in [3.05, 3.63) is 53.9 Å². The molecular weight excluding hydrogens is 394 g/mol. The van der Waals surface area contributed by atoms with Crippen LogP contribution in [0.2, 0.25) is 0 Å². The molecule has 0 unspecified atom stereocenters. The zero-order valence-corrected chi connectivity index (χ0v) is 16.9. The minimum absolute atomic E-state index is 0.170. The maximum Gasteiger partial charge on any atom is 0.573 e. The van der Waals surface area contributed by atoms with Gasteiger partial charge in [0.25, 0.3) is 0 Å². The summed E-state index contributed by atoms with van der Waals surface area (Å²) in [6, 6.07) is 7.79. The van der Waals surface area contributed by atoms with Gasteiger partial charge in [-0.2, -0.15) is 9.65 Å². The smallest absolute Gasteiger partial charge is 0.406 e. The van der Waals surface area contributed by atoms with Gasteiger partial charge >= 0.3 is 6.36 Å². The van der Waals surface area contributed by atoms with Gasteiger partial charge in [0.15, 0.2) is 5.83 Å². The fourth-order valence-electron chi connectivity index (χ4n) is 5.01. The van der Waals surface area contributed by atoms with Crippen LogP contribution in [0.25, 0.3) is 0 Å². The number of rotatable bonds is 5. The van der Waals surface area contributed by atoms with Gasteiger partial charge in [0.05, 0.1) is 0 Å². The summed E-state index contributed by atoms with van der Waals surface area (Å²) in [7, 11) is 0. The molecule has 0 radical (unpaired) electrons. The van der Waals surface area contributed by atoms with Crippen molar-refractivity contribution >= 4 is 0 Å². The van der Waals surface area contributed by atoms with E-state index in [2.05, 4.69) is 4.74 Å². The molecule has 2 fully saturated rings. The molecule has 0 N–H and O–H groups in total. The number of ether oxygens (including phenoxy) is 1. The first-order chi connectivity index (χ1) is 14.3. The predicted octanol–water partition coefficient (Wildman–Crippen LogP) is 7.60. The summed E-state index contributed by atoms with van der Waals surface area (Å²) in [5, 5.41) is 8.42. The maximum absolute atomic E-state index is 12.8. The van der Waals surface area contributed by atoms with Crippen LogP contribution < -0.4 is 4.74 Å². The highest BCUT2D eigenvalue weighted by Gasteiger charge is 2.32. The average molecular weight is 421 g/mol. The lowest BCUT2D eigenvalue weighted by molar-refractivity contribution is -0.274. The first-order valence-corrected chi connectivity index (χ1v) is 10.6. The van der Waals surface area contributed by atoms with E-state index in [0.717, 1.165) is 55.9 Å². The molecule has 0 atom stereocenters. The minimum Gasteiger partial charge on any atom is -0.406 e. The number of nitriles is 1. The normalized spacial score (nSPS) is 28.3. The lowest BCUT2D eigenvalue weighted by Crippen LogP contribution is -2.25. The van der Waals surface area contributed by atoms with Gasteiger partial charge in [-0.05, 0) is 98.8 Å². The van der Waals surface area contributed by atoms with E-state index in [1.807, 2.05) is 6.08 Å². The zero-order chi connectivity index (χ0) is 21.6. The van der Waals surface area contributed by atoms with Crippen molar-refractivity contribution in [1.29, 1.82) is 5.26 Å². The SMILES string of the molecule is N#CC(F)=CC=CC1CCC(C2CCC(c3ccc(OC(F)(F)F)cc3)CC2)CC1. The van der Waals surface area contributed by atoms with Gasteiger partial charge in [-0.3, -0.25) is 0 Å². The van der Waals surface area contributed by atoms with E-state index in [1.54, 1.807) is 18.2 Å². The summed E-state index contributed by atoms with van der Waals surface area (Å²) in [6.45, 7) is 0. The molecule has 1 aromatic rings. The molecule has 0 aliphatic heterocycles. The van der Waals surface area contributed by atoms with Gasteiger partial charge in [0.1, 0.15) is 11.8 Å². The summed E-state index contributed by atoms with van der Waals surface area (Å²) >= 11 is 0. The number of nitrogens with zero attached hydrogens (tertiary/aromatic N) is 1. The molecule has 30 heavy (non-hydrogen) atoms. The molecular formula is C24H27F4NO. The third-order valence-electron chi connectivity index (χ3n) is 6.57. The Balaban J connectivity index is 1.43. The molecule has 162 valence electrons. The van der Waals surface area contributed by atoms with E-state index in [0.29, 0.717) is 11.8 Å². The van der Waals surface area contributed by atoms with Gasteiger partial charge in [-0.15, -0.1) is 13.2 Å². The fraction of sp³-hybridized carbons (Fsp3) is 0.542. The van der Waals surface area contributed by atoms with Gasteiger partial charge < -0.3 is 4.74 Å². The summed E-state index contributed by atoms with van der Waals surface area (Å²) in [5.74, 6) is 1.37. The molecule has 2 saturated carbocycles. The number of halogens is 4. The van der Waals surface area contributed by atoms with Crippen LogP contribution in [0, 0.1) is 29.1 Å². The van der Waals surface area contributed by atoms with E-state index in [1.165, 1.54) is 37.1 Å². The van der Waals surface area contributed by atoms with Crippen molar-refractivity contribution in [3.63, 3.8) is 0 Å². The second-order valence-corrected chi connectivity index (χ2v) is 8.41. The Kier molecular flexibility index (Phi) is 7.58. The second kappa shape index (κ2) is 10.1. The Morgan fingerprint density at radius 2 is 1.50 bits per heavy atom. The quantitative estimate of drug-likeness (QED) is 0.279. The van der Waals surface area contributed by atoms with Gasteiger partial charge in [-0.1, -0.05) is 24.3 Å². The van der Waals surface area contributed by atoms with Crippen LogP contribution in [0.1, 0.15) is 62.8 Å². The molecule has 0 saturated heterocycles.